The van der Waals surface area contributed by atoms with Gasteiger partial charge in [0.05, 0.1) is 0 Å². The van der Waals surface area contributed by atoms with Gasteiger partial charge in [0, 0.05) is 28.9 Å². The van der Waals surface area contributed by atoms with Gasteiger partial charge >= 0.3 is 0 Å². The lowest BCUT2D eigenvalue weighted by Crippen LogP contribution is -2.26. The molecule has 0 amide bonds. The van der Waals surface area contributed by atoms with Crippen LogP contribution in [0.1, 0.15) is 13.3 Å². The number of hydrogen-bond acceptors (Lipinski definition) is 0. The van der Waals surface area contributed by atoms with Crippen molar-refractivity contribution in [3.63, 3.8) is 0 Å². The zero-order valence-electron chi connectivity index (χ0n) is 10.4. The summed E-state index contributed by atoms with van der Waals surface area (Å²) in [6, 6.07) is 10.9. The third-order valence-electron chi connectivity index (χ3n) is 3.30. The van der Waals surface area contributed by atoms with E-state index < -0.39 is 0 Å². The highest BCUT2D eigenvalue weighted by Crippen LogP contribution is 2.27. The number of para-hydroxylation sites is 1. The molecule has 1 aromatic carbocycles. The summed E-state index contributed by atoms with van der Waals surface area (Å²) in [5.74, 6) is 0. The molecule has 0 saturated heterocycles. The quantitative estimate of drug-likeness (QED) is 0.593. The number of hydrogen-bond donors (Lipinski definition) is 0. The lowest BCUT2D eigenvalue weighted by Gasteiger charge is -2.03. The third-order valence-corrected chi connectivity index (χ3v) is 3.30. The molecule has 0 bridgehead atoms. The first kappa shape index (κ1) is 10.3. The highest BCUT2D eigenvalue weighted by Gasteiger charge is 2.11. The molecule has 86 valence electrons. The van der Waals surface area contributed by atoms with Crippen LogP contribution in [0.3, 0.4) is 0 Å². The Morgan fingerprint density at radius 2 is 1.82 bits per heavy atom. The van der Waals surface area contributed by atoms with Crippen LogP contribution in [0.25, 0.3) is 21.8 Å². The Labute approximate surface area is 101 Å². The van der Waals surface area contributed by atoms with Gasteiger partial charge in [0.2, 0.25) is 0 Å². The monoisotopic (exact) mass is 225 g/mol. The van der Waals surface area contributed by atoms with Crippen LogP contribution in [0.2, 0.25) is 0 Å². The van der Waals surface area contributed by atoms with E-state index in [1.54, 1.807) is 0 Å². The van der Waals surface area contributed by atoms with E-state index in [0.717, 1.165) is 13.0 Å². The Hall–Kier alpha value is -1.83. The maximum atomic E-state index is 2.42. The SMILES string of the molecule is CCCn1c2ccccc2c2cc[n+](C)cc21. The van der Waals surface area contributed by atoms with Crippen LogP contribution in [0.4, 0.5) is 0 Å². The Bertz CT molecular complexity index is 680. The topological polar surface area (TPSA) is 8.81 Å². The van der Waals surface area contributed by atoms with Crippen molar-refractivity contribution in [3.8, 4) is 0 Å². The molecule has 0 spiro atoms. The second-order valence-electron chi connectivity index (χ2n) is 4.58. The van der Waals surface area contributed by atoms with E-state index >= 15 is 0 Å². The van der Waals surface area contributed by atoms with Gasteiger partial charge < -0.3 is 4.57 Å². The van der Waals surface area contributed by atoms with Crippen LogP contribution in [0.15, 0.2) is 42.7 Å². The van der Waals surface area contributed by atoms with Crippen LogP contribution in [0, 0.1) is 0 Å². The summed E-state index contributed by atoms with van der Waals surface area (Å²) < 4.78 is 4.54. The number of fused-ring (bicyclic) bond motifs is 3. The van der Waals surface area contributed by atoms with E-state index in [1.165, 1.54) is 21.8 Å². The van der Waals surface area contributed by atoms with E-state index in [-0.39, 0.29) is 0 Å². The van der Waals surface area contributed by atoms with E-state index in [1.807, 2.05) is 0 Å². The van der Waals surface area contributed by atoms with Crippen LogP contribution >= 0.6 is 0 Å². The van der Waals surface area contributed by atoms with Crippen molar-refractivity contribution in [2.24, 2.45) is 7.05 Å². The van der Waals surface area contributed by atoms with Gasteiger partial charge in [-0.05, 0) is 12.5 Å². The van der Waals surface area contributed by atoms with Gasteiger partial charge in [0.1, 0.15) is 12.6 Å². The van der Waals surface area contributed by atoms with Gasteiger partial charge in [0.25, 0.3) is 0 Å². The number of nitrogens with zero attached hydrogens (tertiary/aromatic N) is 2. The Morgan fingerprint density at radius 1 is 1.06 bits per heavy atom. The molecule has 0 atom stereocenters. The van der Waals surface area contributed by atoms with Crippen LogP contribution in [-0.2, 0) is 13.6 Å². The van der Waals surface area contributed by atoms with Crippen LogP contribution in [-0.4, -0.2) is 4.57 Å². The smallest absolute Gasteiger partial charge is 0.193 e. The largest absolute Gasteiger partial charge is 0.336 e. The highest BCUT2D eigenvalue weighted by molar-refractivity contribution is 6.07. The minimum atomic E-state index is 1.08. The van der Waals surface area contributed by atoms with E-state index in [9.17, 15) is 0 Å². The van der Waals surface area contributed by atoms with E-state index in [4.69, 9.17) is 0 Å². The van der Waals surface area contributed by atoms with Gasteiger partial charge in [-0.15, -0.1) is 0 Å². The fourth-order valence-electron chi connectivity index (χ4n) is 2.56. The summed E-state index contributed by atoms with van der Waals surface area (Å²) in [6.45, 7) is 3.30. The zero-order valence-corrected chi connectivity index (χ0v) is 10.4. The first-order valence-corrected chi connectivity index (χ1v) is 6.17. The molecule has 0 aliphatic heterocycles. The summed E-state index contributed by atoms with van der Waals surface area (Å²) >= 11 is 0. The van der Waals surface area contributed by atoms with Crippen molar-refractivity contribution >= 4 is 21.8 Å². The van der Waals surface area contributed by atoms with Gasteiger partial charge in [-0.25, -0.2) is 4.57 Å². The normalized spacial score (nSPS) is 11.4. The molecular weight excluding hydrogens is 208 g/mol. The summed E-state index contributed by atoms with van der Waals surface area (Å²) in [4.78, 5) is 0. The summed E-state index contributed by atoms with van der Waals surface area (Å²) in [6.07, 6.45) is 5.49. The summed E-state index contributed by atoms with van der Waals surface area (Å²) in [7, 11) is 2.08. The molecule has 2 heteroatoms. The van der Waals surface area contributed by atoms with E-state index in [0.29, 0.717) is 0 Å². The number of benzene rings is 1. The molecule has 17 heavy (non-hydrogen) atoms. The first-order chi connectivity index (χ1) is 8.31. The molecule has 3 aromatic rings. The summed E-state index contributed by atoms with van der Waals surface area (Å²) in [5.41, 5.74) is 2.67. The Balaban J connectivity index is 2.48. The van der Waals surface area contributed by atoms with Crippen LogP contribution in [0.5, 0.6) is 0 Å². The molecule has 0 radical (unpaired) electrons. The maximum Gasteiger partial charge on any atom is 0.193 e. The van der Waals surface area contributed by atoms with Crippen molar-refractivity contribution in [2.45, 2.75) is 19.9 Å². The Morgan fingerprint density at radius 3 is 2.65 bits per heavy atom. The molecule has 2 nitrogen and oxygen atoms in total. The lowest BCUT2D eigenvalue weighted by atomic mass is 10.2. The predicted octanol–water partition coefficient (Wildman–Crippen LogP) is 3.03. The Kier molecular flexibility index (Phi) is 2.36. The van der Waals surface area contributed by atoms with Gasteiger partial charge in [0.15, 0.2) is 12.4 Å². The zero-order chi connectivity index (χ0) is 11.8. The fourth-order valence-corrected chi connectivity index (χ4v) is 2.56. The van der Waals surface area contributed by atoms with Crippen molar-refractivity contribution in [3.05, 3.63) is 42.7 Å². The maximum absolute atomic E-state index is 2.42. The van der Waals surface area contributed by atoms with Gasteiger partial charge in [-0.3, -0.25) is 0 Å². The molecule has 0 fully saturated rings. The van der Waals surface area contributed by atoms with E-state index in [2.05, 4.69) is 65.8 Å². The number of aromatic nitrogens is 2. The molecular formula is C15H17N2+. The molecule has 2 aromatic heterocycles. The van der Waals surface area contributed by atoms with Crippen molar-refractivity contribution in [1.82, 2.24) is 4.57 Å². The molecule has 0 unspecified atom stereocenters. The highest BCUT2D eigenvalue weighted by atomic mass is 15.0. The lowest BCUT2D eigenvalue weighted by molar-refractivity contribution is -0.670. The number of aryl methyl sites for hydroxylation is 2. The third kappa shape index (κ3) is 1.52. The van der Waals surface area contributed by atoms with Crippen LogP contribution < -0.4 is 4.57 Å². The minimum absolute atomic E-state index is 1.08. The van der Waals surface area contributed by atoms with Crippen molar-refractivity contribution in [2.75, 3.05) is 0 Å². The first-order valence-electron chi connectivity index (χ1n) is 6.17. The van der Waals surface area contributed by atoms with Crippen molar-refractivity contribution < 1.29 is 4.57 Å². The average Bonchev–Trinajstić information content (AvgIpc) is 2.65. The number of rotatable bonds is 2. The number of pyridine rings is 1. The second-order valence-corrected chi connectivity index (χ2v) is 4.58. The predicted molar refractivity (Wildman–Crippen MR) is 70.9 cm³/mol. The molecule has 0 aliphatic carbocycles. The molecule has 0 N–H and O–H groups in total. The summed E-state index contributed by atoms with van der Waals surface area (Å²) in [5, 5.41) is 2.71. The average molecular weight is 225 g/mol. The van der Waals surface area contributed by atoms with Gasteiger partial charge in [-0.1, -0.05) is 25.1 Å². The molecule has 3 rings (SSSR count). The van der Waals surface area contributed by atoms with Gasteiger partial charge in [-0.2, -0.15) is 0 Å². The molecule has 0 saturated carbocycles. The molecule has 2 heterocycles. The fraction of sp³-hybridized carbons (Fsp3) is 0.267. The second kappa shape index (κ2) is 3.88. The minimum Gasteiger partial charge on any atom is -0.336 e. The van der Waals surface area contributed by atoms with Crippen molar-refractivity contribution in [1.29, 1.82) is 0 Å². The molecule has 0 aliphatic rings. The standard InChI is InChI=1S/C15H17N2/c1-3-9-17-14-7-5-4-6-12(14)13-8-10-16(2)11-15(13)17/h4-8,10-11H,3,9H2,1-2H3/q+1.